The maximum atomic E-state index is 12.2. The third-order valence-electron chi connectivity index (χ3n) is 4.15. The summed E-state index contributed by atoms with van der Waals surface area (Å²) in [6, 6.07) is 5.53. The smallest absolute Gasteiger partial charge is 0.410 e. The standard InChI is InChI=1S/C18H28N2O4/c1-18(2,3)24-17(21)20-9-8-13(15(19)11-20)14-10-12(22-4)6-7-16(14)23-5/h6-7,10,13,15H,8-9,11,19H2,1-5H3. The van der Waals surface area contributed by atoms with Crippen molar-refractivity contribution in [3.05, 3.63) is 23.8 Å². The van der Waals surface area contributed by atoms with Crippen molar-refractivity contribution in [2.75, 3.05) is 27.3 Å². The Morgan fingerprint density at radius 1 is 1.25 bits per heavy atom. The van der Waals surface area contributed by atoms with Gasteiger partial charge in [0.2, 0.25) is 0 Å². The Labute approximate surface area is 143 Å². The fourth-order valence-electron chi connectivity index (χ4n) is 2.99. The molecule has 2 N–H and O–H groups in total. The van der Waals surface area contributed by atoms with Crippen LogP contribution in [0.15, 0.2) is 18.2 Å². The normalized spacial score (nSPS) is 21.3. The molecule has 2 unspecified atom stereocenters. The number of nitrogens with zero attached hydrogens (tertiary/aromatic N) is 1. The van der Waals surface area contributed by atoms with Crippen LogP contribution in [0.25, 0.3) is 0 Å². The molecule has 1 aliphatic heterocycles. The minimum atomic E-state index is -0.506. The zero-order valence-electron chi connectivity index (χ0n) is 15.2. The third kappa shape index (κ3) is 4.32. The number of carbonyl (C=O) groups excluding carboxylic acids is 1. The van der Waals surface area contributed by atoms with Gasteiger partial charge in [0, 0.05) is 30.6 Å². The number of methoxy groups -OCH3 is 2. The fourth-order valence-corrected chi connectivity index (χ4v) is 2.99. The highest BCUT2D eigenvalue weighted by atomic mass is 16.6. The summed E-state index contributed by atoms with van der Waals surface area (Å²) in [5.41, 5.74) is 6.89. The Morgan fingerprint density at radius 2 is 1.96 bits per heavy atom. The van der Waals surface area contributed by atoms with Gasteiger partial charge in [-0.15, -0.1) is 0 Å². The van der Waals surface area contributed by atoms with E-state index in [-0.39, 0.29) is 18.1 Å². The van der Waals surface area contributed by atoms with E-state index in [2.05, 4.69) is 0 Å². The lowest BCUT2D eigenvalue weighted by molar-refractivity contribution is 0.0186. The molecule has 1 heterocycles. The fraction of sp³-hybridized carbons (Fsp3) is 0.611. The molecular formula is C18H28N2O4. The van der Waals surface area contributed by atoms with E-state index in [4.69, 9.17) is 19.9 Å². The van der Waals surface area contributed by atoms with Crippen LogP contribution >= 0.6 is 0 Å². The molecule has 0 saturated carbocycles. The lowest BCUT2D eigenvalue weighted by atomic mass is 9.85. The second kappa shape index (κ2) is 7.30. The molecule has 0 aromatic heterocycles. The lowest BCUT2D eigenvalue weighted by Crippen LogP contribution is -2.50. The number of amides is 1. The van der Waals surface area contributed by atoms with Crippen molar-refractivity contribution in [2.24, 2.45) is 5.73 Å². The van der Waals surface area contributed by atoms with Gasteiger partial charge in [-0.3, -0.25) is 0 Å². The van der Waals surface area contributed by atoms with Gasteiger partial charge in [-0.25, -0.2) is 4.79 Å². The van der Waals surface area contributed by atoms with Gasteiger partial charge in [-0.1, -0.05) is 0 Å². The predicted molar refractivity (Wildman–Crippen MR) is 92.7 cm³/mol. The Morgan fingerprint density at radius 3 is 2.50 bits per heavy atom. The second-order valence-corrected chi connectivity index (χ2v) is 7.09. The van der Waals surface area contributed by atoms with Gasteiger partial charge in [-0.05, 0) is 45.4 Å². The van der Waals surface area contributed by atoms with E-state index >= 15 is 0 Å². The summed E-state index contributed by atoms with van der Waals surface area (Å²) < 4.78 is 16.2. The molecule has 1 fully saturated rings. The molecule has 1 amide bonds. The first-order chi connectivity index (χ1) is 11.2. The van der Waals surface area contributed by atoms with Gasteiger partial charge in [0.15, 0.2) is 0 Å². The highest BCUT2D eigenvalue weighted by Crippen LogP contribution is 2.36. The van der Waals surface area contributed by atoms with E-state index in [1.165, 1.54) is 0 Å². The molecule has 6 nitrogen and oxygen atoms in total. The Balaban J connectivity index is 2.13. The van der Waals surface area contributed by atoms with Crippen molar-refractivity contribution in [3.8, 4) is 11.5 Å². The molecule has 1 aliphatic rings. The maximum Gasteiger partial charge on any atom is 0.410 e. The van der Waals surface area contributed by atoms with Gasteiger partial charge in [0.05, 0.1) is 14.2 Å². The van der Waals surface area contributed by atoms with Crippen molar-refractivity contribution in [2.45, 2.75) is 44.8 Å². The Hall–Kier alpha value is -1.95. The zero-order valence-corrected chi connectivity index (χ0v) is 15.2. The number of nitrogens with two attached hydrogens (primary N) is 1. The number of rotatable bonds is 3. The highest BCUT2D eigenvalue weighted by molar-refractivity contribution is 5.68. The van der Waals surface area contributed by atoms with Crippen LogP contribution in [0.2, 0.25) is 0 Å². The zero-order chi connectivity index (χ0) is 17.9. The van der Waals surface area contributed by atoms with Crippen LogP contribution in [0, 0.1) is 0 Å². The minimum absolute atomic E-state index is 0.105. The number of benzene rings is 1. The highest BCUT2D eigenvalue weighted by Gasteiger charge is 2.33. The molecule has 0 bridgehead atoms. The number of piperidine rings is 1. The van der Waals surface area contributed by atoms with Crippen LogP contribution in [0.1, 0.15) is 38.7 Å². The Bertz CT molecular complexity index is 583. The molecule has 1 aromatic rings. The summed E-state index contributed by atoms with van der Waals surface area (Å²) >= 11 is 0. The summed E-state index contributed by atoms with van der Waals surface area (Å²) in [4.78, 5) is 13.9. The van der Waals surface area contributed by atoms with Crippen LogP contribution in [0.4, 0.5) is 4.79 Å². The number of likely N-dealkylation sites (tertiary alicyclic amines) is 1. The van der Waals surface area contributed by atoms with Gasteiger partial charge in [0.25, 0.3) is 0 Å². The van der Waals surface area contributed by atoms with Gasteiger partial charge in [-0.2, -0.15) is 0 Å². The van der Waals surface area contributed by atoms with Crippen molar-refractivity contribution in [3.63, 3.8) is 0 Å². The molecule has 0 aliphatic carbocycles. The molecular weight excluding hydrogens is 308 g/mol. The van der Waals surface area contributed by atoms with Crippen molar-refractivity contribution < 1.29 is 19.0 Å². The summed E-state index contributed by atoms with van der Waals surface area (Å²) in [5.74, 6) is 1.67. The van der Waals surface area contributed by atoms with Gasteiger partial charge < -0.3 is 24.8 Å². The van der Waals surface area contributed by atoms with E-state index < -0.39 is 5.60 Å². The molecule has 2 rings (SSSR count). The first-order valence-corrected chi connectivity index (χ1v) is 8.20. The van der Waals surface area contributed by atoms with E-state index in [0.717, 1.165) is 23.5 Å². The van der Waals surface area contributed by atoms with Gasteiger partial charge >= 0.3 is 6.09 Å². The molecule has 0 radical (unpaired) electrons. The van der Waals surface area contributed by atoms with E-state index in [0.29, 0.717) is 13.1 Å². The SMILES string of the molecule is COc1ccc(OC)c(C2CCN(C(=O)OC(C)(C)C)CC2N)c1. The van der Waals surface area contributed by atoms with Crippen LogP contribution in [0.3, 0.4) is 0 Å². The number of ether oxygens (including phenoxy) is 3. The van der Waals surface area contributed by atoms with Gasteiger partial charge in [0.1, 0.15) is 17.1 Å². The molecule has 1 saturated heterocycles. The summed E-state index contributed by atoms with van der Waals surface area (Å²) in [6.07, 6.45) is 0.443. The first kappa shape index (κ1) is 18.4. The van der Waals surface area contributed by atoms with Crippen LogP contribution in [-0.4, -0.2) is 49.9 Å². The number of hydrogen-bond acceptors (Lipinski definition) is 5. The number of carbonyl (C=O) groups is 1. The molecule has 24 heavy (non-hydrogen) atoms. The molecule has 1 aromatic carbocycles. The van der Waals surface area contributed by atoms with Crippen LogP contribution in [0.5, 0.6) is 11.5 Å². The average molecular weight is 336 g/mol. The van der Waals surface area contributed by atoms with Crippen molar-refractivity contribution in [1.29, 1.82) is 0 Å². The average Bonchev–Trinajstić information content (AvgIpc) is 2.52. The third-order valence-corrected chi connectivity index (χ3v) is 4.15. The van der Waals surface area contributed by atoms with E-state index in [9.17, 15) is 4.79 Å². The molecule has 2 atom stereocenters. The van der Waals surface area contributed by atoms with E-state index in [1.54, 1.807) is 19.1 Å². The number of hydrogen-bond donors (Lipinski definition) is 1. The first-order valence-electron chi connectivity index (χ1n) is 8.20. The molecule has 134 valence electrons. The van der Waals surface area contributed by atoms with Crippen molar-refractivity contribution in [1.82, 2.24) is 4.90 Å². The predicted octanol–water partition coefficient (Wildman–Crippen LogP) is 2.76. The summed E-state index contributed by atoms with van der Waals surface area (Å²) in [6.45, 7) is 6.64. The Kier molecular flexibility index (Phi) is 5.59. The molecule has 0 spiro atoms. The molecule has 6 heteroatoms. The minimum Gasteiger partial charge on any atom is -0.497 e. The van der Waals surface area contributed by atoms with Crippen molar-refractivity contribution >= 4 is 6.09 Å². The van der Waals surface area contributed by atoms with Crippen LogP contribution in [-0.2, 0) is 4.74 Å². The summed E-state index contributed by atoms with van der Waals surface area (Å²) in [7, 11) is 3.28. The maximum absolute atomic E-state index is 12.2. The van der Waals surface area contributed by atoms with E-state index in [1.807, 2.05) is 39.0 Å². The largest absolute Gasteiger partial charge is 0.497 e. The van der Waals surface area contributed by atoms with Crippen LogP contribution < -0.4 is 15.2 Å². The monoisotopic (exact) mass is 336 g/mol. The quantitative estimate of drug-likeness (QED) is 0.919. The lowest BCUT2D eigenvalue weighted by Gasteiger charge is -2.38. The second-order valence-electron chi connectivity index (χ2n) is 7.09. The topological polar surface area (TPSA) is 74.0 Å². The summed E-state index contributed by atoms with van der Waals surface area (Å²) in [5, 5.41) is 0.